The summed E-state index contributed by atoms with van der Waals surface area (Å²) >= 11 is 1.10. The number of rotatable bonds is 15. The van der Waals surface area contributed by atoms with Gasteiger partial charge in [-0.1, -0.05) is 84.0 Å². The summed E-state index contributed by atoms with van der Waals surface area (Å²) in [4.78, 5) is 62.8. The van der Waals surface area contributed by atoms with E-state index in [-0.39, 0.29) is 36.1 Å². The number of hydrogen-bond acceptors (Lipinski definition) is 11. The molecule has 4 amide bonds. The first-order valence-electron chi connectivity index (χ1n) is 20.7. The standard InChI is InChI=1S/C46H58N6O9S2/c1-11-29-25-46(29,42(55)60-10)50-40(53)35-23-31(61-36-24-33(28-16-13-12-14-17-28)47-34-22-30(59-9)19-20-32(34)36)26-52(35)41(54)39(45(5,6)7)49-43(56)48-37(44(2,3)4)27-51(8)63(57,58)38-18-15-21-62-38/h11-22,24,29,31,35,37,39H,1,23,25-27H2,2-10H3,(H,50,53)(H2,48,49,56)/t29?,31-,35+,37-,39-,46-/m1/s1. The number of fused-ring (bicyclic) bond motifs is 1. The number of hydrogen-bond donors (Lipinski definition) is 3. The third-order valence-corrected chi connectivity index (χ3v) is 14.9. The number of carbonyl (C=O) groups is 4. The van der Waals surface area contributed by atoms with Crippen LogP contribution in [0.15, 0.2) is 89.0 Å². The first kappa shape index (κ1) is 47.0. The zero-order valence-electron chi connectivity index (χ0n) is 37.3. The van der Waals surface area contributed by atoms with E-state index in [1.165, 1.54) is 29.4 Å². The molecule has 0 bridgehead atoms. The van der Waals surface area contributed by atoms with Crippen molar-refractivity contribution in [2.45, 2.75) is 88.4 Å². The molecule has 6 atom stereocenters. The van der Waals surface area contributed by atoms with Gasteiger partial charge < -0.3 is 35.1 Å². The van der Waals surface area contributed by atoms with Gasteiger partial charge in [-0.15, -0.1) is 17.9 Å². The van der Waals surface area contributed by atoms with Crippen LogP contribution in [0.3, 0.4) is 0 Å². The highest BCUT2D eigenvalue weighted by atomic mass is 32.2. The van der Waals surface area contributed by atoms with Gasteiger partial charge in [0.25, 0.3) is 10.0 Å². The molecule has 2 fully saturated rings. The van der Waals surface area contributed by atoms with Crippen molar-refractivity contribution in [3.63, 3.8) is 0 Å². The summed E-state index contributed by atoms with van der Waals surface area (Å²) in [5.74, 6) is -1.05. The van der Waals surface area contributed by atoms with E-state index < -0.39 is 74.4 Å². The molecule has 3 heterocycles. The van der Waals surface area contributed by atoms with Gasteiger partial charge in [0.05, 0.1) is 32.0 Å². The van der Waals surface area contributed by atoms with Crippen molar-refractivity contribution in [2.75, 3.05) is 34.4 Å². The highest BCUT2D eigenvalue weighted by molar-refractivity contribution is 7.91. The summed E-state index contributed by atoms with van der Waals surface area (Å²) < 4.78 is 45.4. The van der Waals surface area contributed by atoms with Gasteiger partial charge in [0, 0.05) is 55.1 Å². The average molecular weight is 903 g/mol. The first-order valence-corrected chi connectivity index (χ1v) is 23.1. The van der Waals surface area contributed by atoms with Gasteiger partial charge in [0.2, 0.25) is 11.8 Å². The Labute approximate surface area is 373 Å². The van der Waals surface area contributed by atoms with Crippen molar-refractivity contribution < 1.29 is 41.8 Å². The smallest absolute Gasteiger partial charge is 0.332 e. The molecule has 2 aromatic heterocycles. The Kier molecular flexibility index (Phi) is 13.6. The predicted octanol–water partition coefficient (Wildman–Crippen LogP) is 6.00. The molecule has 2 aromatic carbocycles. The summed E-state index contributed by atoms with van der Waals surface area (Å²) in [6, 6.07) is 16.4. The minimum absolute atomic E-state index is 0.0421. The Hall–Kier alpha value is -5.52. The fourth-order valence-electron chi connectivity index (χ4n) is 7.80. The molecule has 15 nitrogen and oxygen atoms in total. The maximum atomic E-state index is 15.0. The summed E-state index contributed by atoms with van der Waals surface area (Å²) in [6.45, 7) is 14.8. The minimum Gasteiger partial charge on any atom is -0.497 e. The normalized spacial score (nSPS) is 21.0. The number of nitrogens with one attached hydrogen (secondary N) is 3. The molecule has 0 spiro atoms. The van der Waals surface area contributed by atoms with Crippen LogP contribution in [0.5, 0.6) is 11.5 Å². The van der Waals surface area contributed by atoms with E-state index in [0.717, 1.165) is 16.9 Å². The fraction of sp³-hybridized carbons (Fsp3) is 0.457. The maximum Gasteiger partial charge on any atom is 0.332 e. The fourth-order valence-corrected chi connectivity index (χ4v) is 10.2. The highest BCUT2D eigenvalue weighted by Gasteiger charge is 2.62. The molecule has 1 saturated heterocycles. The number of urea groups is 1. The van der Waals surface area contributed by atoms with E-state index in [0.29, 0.717) is 28.1 Å². The SMILES string of the molecule is C=CC1C[C@]1(NC(=O)[C@@H]1C[C@@H](Oc2cc(-c3ccccc3)nc3cc(OC)ccc23)CN1C(=O)[C@@H](NC(=O)N[C@H](CN(C)S(=O)(=O)c1cccs1)C(C)(C)C)C(C)(C)C)C(=O)OC. The number of thiophene rings is 1. The number of likely N-dealkylation sites (tertiary alicyclic amines) is 1. The van der Waals surface area contributed by atoms with Crippen LogP contribution >= 0.6 is 11.3 Å². The lowest BCUT2D eigenvalue weighted by Gasteiger charge is -2.37. The first-order chi connectivity index (χ1) is 29.6. The van der Waals surface area contributed by atoms with Crippen molar-refractivity contribution >= 4 is 56.1 Å². The van der Waals surface area contributed by atoms with E-state index in [1.807, 2.05) is 69.3 Å². The average Bonchev–Trinajstić information content (AvgIpc) is 3.53. The lowest BCUT2D eigenvalue weighted by Crippen LogP contribution is -2.62. The molecule has 1 saturated carbocycles. The van der Waals surface area contributed by atoms with Crippen molar-refractivity contribution in [3.8, 4) is 22.8 Å². The molecule has 2 aliphatic rings. The number of benzene rings is 2. The largest absolute Gasteiger partial charge is 0.497 e. The Bertz CT molecular complexity index is 2450. The molecule has 63 heavy (non-hydrogen) atoms. The second-order valence-electron chi connectivity index (χ2n) is 18.3. The molecular weight excluding hydrogens is 845 g/mol. The van der Waals surface area contributed by atoms with E-state index in [9.17, 15) is 22.8 Å². The van der Waals surface area contributed by atoms with E-state index in [2.05, 4.69) is 22.5 Å². The quantitative estimate of drug-likeness (QED) is 0.0944. The molecule has 1 aliphatic carbocycles. The van der Waals surface area contributed by atoms with Crippen LogP contribution in [-0.4, -0.2) is 111 Å². The number of methoxy groups -OCH3 is 2. The van der Waals surface area contributed by atoms with Crippen LogP contribution in [0.4, 0.5) is 4.79 Å². The number of pyridine rings is 1. The third kappa shape index (κ3) is 10.2. The molecule has 1 aliphatic heterocycles. The van der Waals surface area contributed by atoms with Crippen LogP contribution in [0, 0.1) is 16.7 Å². The lowest BCUT2D eigenvalue weighted by atomic mass is 9.85. The van der Waals surface area contributed by atoms with Crippen molar-refractivity contribution in [1.29, 1.82) is 0 Å². The number of ether oxygens (including phenoxy) is 3. The molecule has 3 N–H and O–H groups in total. The van der Waals surface area contributed by atoms with Crippen molar-refractivity contribution in [3.05, 3.63) is 84.8 Å². The molecule has 17 heteroatoms. The summed E-state index contributed by atoms with van der Waals surface area (Å²) in [5, 5.41) is 11.1. The van der Waals surface area contributed by atoms with Gasteiger partial charge in [-0.3, -0.25) is 9.59 Å². The number of aromatic nitrogens is 1. The second kappa shape index (κ2) is 18.3. The van der Waals surface area contributed by atoms with Crippen LogP contribution < -0.4 is 25.4 Å². The molecule has 4 aromatic rings. The lowest BCUT2D eigenvalue weighted by molar-refractivity contribution is -0.148. The van der Waals surface area contributed by atoms with Gasteiger partial charge in [0.15, 0.2) is 0 Å². The Morgan fingerprint density at radius 1 is 1.00 bits per heavy atom. The Morgan fingerprint density at radius 2 is 1.71 bits per heavy atom. The van der Waals surface area contributed by atoms with E-state index >= 15 is 4.79 Å². The summed E-state index contributed by atoms with van der Waals surface area (Å²) in [5.41, 5.74) is -0.716. The Morgan fingerprint density at radius 3 is 2.30 bits per heavy atom. The van der Waals surface area contributed by atoms with Crippen LogP contribution in [-0.2, 0) is 29.1 Å². The zero-order chi connectivity index (χ0) is 46.1. The number of amides is 4. The van der Waals surface area contributed by atoms with E-state index in [1.54, 1.807) is 51.5 Å². The number of esters is 1. The van der Waals surface area contributed by atoms with Gasteiger partial charge >= 0.3 is 12.0 Å². The molecule has 1 unspecified atom stereocenters. The molecule has 6 rings (SSSR count). The second-order valence-corrected chi connectivity index (χ2v) is 21.5. The minimum atomic E-state index is -3.83. The predicted molar refractivity (Wildman–Crippen MR) is 242 cm³/mol. The van der Waals surface area contributed by atoms with Crippen LogP contribution in [0.25, 0.3) is 22.2 Å². The third-order valence-electron chi connectivity index (χ3n) is 11.7. The summed E-state index contributed by atoms with van der Waals surface area (Å²) in [7, 11) is 0.455. The number of likely N-dealkylation sites (N-methyl/N-ethyl adjacent to an activating group) is 1. The van der Waals surface area contributed by atoms with Gasteiger partial charge in [0.1, 0.15) is 39.4 Å². The van der Waals surface area contributed by atoms with Crippen molar-refractivity contribution in [2.24, 2.45) is 16.7 Å². The summed E-state index contributed by atoms with van der Waals surface area (Å²) in [6.07, 6.45) is 1.21. The molecular formula is C46H58N6O9S2. The Balaban J connectivity index is 1.31. The number of carbonyl (C=O) groups excluding carboxylic acids is 4. The van der Waals surface area contributed by atoms with E-state index in [4.69, 9.17) is 19.2 Å². The molecule has 338 valence electrons. The van der Waals surface area contributed by atoms with Crippen molar-refractivity contribution in [1.82, 2.24) is 30.1 Å². The zero-order valence-corrected chi connectivity index (χ0v) is 38.9. The maximum absolute atomic E-state index is 15.0. The van der Waals surface area contributed by atoms with Gasteiger partial charge in [-0.25, -0.2) is 23.0 Å². The topological polar surface area (TPSA) is 186 Å². The monoisotopic (exact) mass is 902 g/mol. The number of nitrogens with zero attached hydrogens (tertiary/aromatic N) is 3. The van der Waals surface area contributed by atoms with Gasteiger partial charge in [-0.05, 0) is 40.8 Å². The van der Waals surface area contributed by atoms with Gasteiger partial charge in [-0.2, -0.15) is 4.31 Å². The van der Waals surface area contributed by atoms with Crippen LogP contribution in [0.2, 0.25) is 0 Å². The highest BCUT2D eigenvalue weighted by Crippen LogP contribution is 2.46. The van der Waals surface area contributed by atoms with Crippen LogP contribution in [0.1, 0.15) is 54.4 Å². The molecule has 0 radical (unpaired) electrons. The number of sulfonamides is 1.